The fourth-order valence-corrected chi connectivity index (χ4v) is 5.80. The molecule has 2 heteroatoms. The average molecular weight is 207 g/mol. The van der Waals surface area contributed by atoms with Gasteiger partial charge in [0.25, 0.3) is 0 Å². The Morgan fingerprint density at radius 3 is 1.71 bits per heavy atom. The molecule has 0 bridgehead atoms. The van der Waals surface area contributed by atoms with E-state index >= 15 is 0 Å². The zero-order chi connectivity index (χ0) is 10.6. The molecule has 78 valence electrons. The molecular weight excluding hydrogens is 186 g/mol. The Kier molecular flexibility index (Phi) is 3.75. The summed E-state index contributed by atoms with van der Waals surface area (Å²) in [5.74, 6) is 0. The minimum Gasteiger partial charge on any atom is -0.399 e. The van der Waals surface area contributed by atoms with Crippen molar-refractivity contribution in [1.29, 1.82) is 0 Å². The number of rotatable bonds is 4. The van der Waals surface area contributed by atoms with Gasteiger partial charge in [0.05, 0.1) is 8.07 Å². The summed E-state index contributed by atoms with van der Waals surface area (Å²) in [6.45, 7) is 6.99. The first-order chi connectivity index (χ1) is 6.68. The fourth-order valence-electron chi connectivity index (χ4n) is 2.20. The van der Waals surface area contributed by atoms with E-state index in [-0.39, 0.29) is 0 Å². The SMILES string of the molecule is CC[Si](CC)(CC)c1ccc(N)cc1. The second-order valence-corrected chi connectivity index (χ2v) is 9.22. The molecule has 1 aromatic carbocycles. The van der Waals surface area contributed by atoms with E-state index in [1.807, 2.05) is 12.1 Å². The minimum atomic E-state index is -1.17. The predicted octanol–water partition coefficient (Wildman–Crippen LogP) is 2.98. The largest absolute Gasteiger partial charge is 0.399 e. The Labute approximate surface area is 88.3 Å². The monoisotopic (exact) mass is 207 g/mol. The molecule has 0 radical (unpaired) electrons. The van der Waals surface area contributed by atoms with Crippen LogP contribution in [0.4, 0.5) is 5.69 Å². The summed E-state index contributed by atoms with van der Waals surface area (Å²) in [6, 6.07) is 12.6. The summed E-state index contributed by atoms with van der Waals surface area (Å²) in [5.41, 5.74) is 6.58. The average Bonchev–Trinajstić information content (AvgIpc) is 2.24. The Bertz CT molecular complexity index is 267. The summed E-state index contributed by atoms with van der Waals surface area (Å²) in [5, 5.41) is 1.57. The van der Waals surface area contributed by atoms with Crippen molar-refractivity contribution in [3.8, 4) is 0 Å². The molecule has 0 fully saturated rings. The van der Waals surface area contributed by atoms with Gasteiger partial charge in [0.1, 0.15) is 0 Å². The molecule has 0 heterocycles. The zero-order valence-electron chi connectivity index (χ0n) is 9.51. The van der Waals surface area contributed by atoms with Gasteiger partial charge in [0.2, 0.25) is 0 Å². The number of benzene rings is 1. The number of nitrogens with two attached hydrogens (primary N) is 1. The Morgan fingerprint density at radius 2 is 1.36 bits per heavy atom. The summed E-state index contributed by atoms with van der Waals surface area (Å²) in [7, 11) is -1.17. The van der Waals surface area contributed by atoms with Crippen LogP contribution in [0.1, 0.15) is 20.8 Å². The summed E-state index contributed by atoms with van der Waals surface area (Å²) < 4.78 is 0. The lowest BCUT2D eigenvalue weighted by atomic mass is 10.3. The molecule has 14 heavy (non-hydrogen) atoms. The Hall–Kier alpha value is -0.763. The Morgan fingerprint density at radius 1 is 0.929 bits per heavy atom. The van der Waals surface area contributed by atoms with Crippen LogP contribution in [0.15, 0.2) is 24.3 Å². The number of nitrogen functional groups attached to an aromatic ring is 1. The highest BCUT2D eigenvalue weighted by atomic mass is 28.3. The molecule has 0 atom stereocenters. The lowest BCUT2D eigenvalue weighted by Gasteiger charge is -2.28. The molecule has 0 aliphatic rings. The fraction of sp³-hybridized carbons (Fsp3) is 0.500. The van der Waals surface area contributed by atoms with E-state index in [1.165, 1.54) is 18.1 Å². The van der Waals surface area contributed by atoms with Crippen molar-refractivity contribution in [3.05, 3.63) is 24.3 Å². The van der Waals surface area contributed by atoms with Crippen LogP contribution >= 0.6 is 0 Å². The van der Waals surface area contributed by atoms with Crippen molar-refractivity contribution in [3.63, 3.8) is 0 Å². The highest BCUT2D eigenvalue weighted by molar-refractivity contribution is 6.91. The zero-order valence-corrected chi connectivity index (χ0v) is 10.5. The third-order valence-electron chi connectivity index (χ3n) is 3.55. The molecule has 1 nitrogen and oxygen atoms in total. The van der Waals surface area contributed by atoms with E-state index in [2.05, 4.69) is 32.9 Å². The van der Waals surface area contributed by atoms with E-state index < -0.39 is 8.07 Å². The van der Waals surface area contributed by atoms with Crippen LogP contribution in [0.5, 0.6) is 0 Å². The molecule has 1 aromatic rings. The van der Waals surface area contributed by atoms with E-state index in [0.29, 0.717) is 0 Å². The molecule has 2 N–H and O–H groups in total. The quantitative estimate of drug-likeness (QED) is 0.596. The molecule has 0 aliphatic carbocycles. The van der Waals surface area contributed by atoms with E-state index in [9.17, 15) is 0 Å². The second-order valence-electron chi connectivity index (χ2n) is 3.96. The van der Waals surface area contributed by atoms with Crippen molar-refractivity contribution in [2.45, 2.75) is 38.9 Å². The second kappa shape index (κ2) is 4.65. The third kappa shape index (κ3) is 2.00. The molecule has 0 aromatic heterocycles. The number of hydrogen-bond donors (Lipinski definition) is 1. The van der Waals surface area contributed by atoms with Gasteiger partial charge in [-0.25, -0.2) is 0 Å². The topological polar surface area (TPSA) is 26.0 Å². The van der Waals surface area contributed by atoms with Crippen LogP contribution in [0.25, 0.3) is 0 Å². The van der Waals surface area contributed by atoms with Gasteiger partial charge in [0, 0.05) is 5.69 Å². The maximum absolute atomic E-state index is 5.71. The summed E-state index contributed by atoms with van der Waals surface area (Å²) in [6.07, 6.45) is 0. The number of hydrogen-bond acceptors (Lipinski definition) is 1. The van der Waals surface area contributed by atoms with Gasteiger partial charge in [-0.15, -0.1) is 0 Å². The van der Waals surface area contributed by atoms with Crippen LogP contribution in [0.3, 0.4) is 0 Å². The van der Waals surface area contributed by atoms with E-state index in [4.69, 9.17) is 5.73 Å². The van der Waals surface area contributed by atoms with Gasteiger partial charge in [0.15, 0.2) is 0 Å². The van der Waals surface area contributed by atoms with Crippen molar-refractivity contribution < 1.29 is 0 Å². The highest BCUT2D eigenvalue weighted by Gasteiger charge is 2.28. The first-order valence-corrected chi connectivity index (χ1v) is 8.16. The molecule has 0 unspecified atom stereocenters. The van der Waals surface area contributed by atoms with Gasteiger partial charge in [-0.2, -0.15) is 0 Å². The molecule has 1 rings (SSSR count). The van der Waals surface area contributed by atoms with E-state index in [1.54, 1.807) is 5.19 Å². The summed E-state index contributed by atoms with van der Waals surface area (Å²) in [4.78, 5) is 0. The lowest BCUT2D eigenvalue weighted by molar-refractivity contribution is 1.19. The van der Waals surface area contributed by atoms with Crippen molar-refractivity contribution in [1.82, 2.24) is 0 Å². The number of anilines is 1. The maximum atomic E-state index is 5.71. The van der Waals surface area contributed by atoms with Crippen LogP contribution in [0.2, 0.25) is 18.1 Å². The van der Waals surface area contributed by atoms with Crippen LogP contribution in [-0.2, 0) is 0 Å². The standard InChI is InChI=1S/C12H21NSi/c1-4-14(5-2,6-3)12-9-7-11(13)8-10-12/h7-10H,4-6,13H2,1-3H3. The molecular formula is C12H21NSi. The van der Waals surface area contributed by atoms with Crippen molar-refractivity contribution >= 4 is 18.9 Å². The van der Waals surface area contributed by atoms with Gasteiger partial charge >= 0.3 is 0 Å². The first kappa shape index (κ1) is 11.3. The molecule has 0 spiro atoms. The van der Waals surface area contributed by atoms with Gasteiger partial charge < -0.3 is 5.73 Å². The smallest absolute Gasteiger partial charge is 0.0859 e. The molecule has 0 amide bonds. The van der Waals surface area contributed by atoms with Gasteiger partial charge in [-0.1, -0.05) is 56.2 Å². The molecule has 0 aliphatic heterocycles. The van der Waals surface area contributed by atoms with Crippen LogP contribution < -0.4 is 10.9 Å². The summed E-state index contributed by atoms with van der Waals surface area (Å²) >= 11 is 0. The van der Waals surface area contributed by atoms with Gasteiger partial charge in [-0.05, 0) is 12.1 Å². The molecule has 0 saturated carbocycles. The van der Waals surface area contributed by atoms with Crippen molar-refractivity contribution in [2.24, 2.45) is 0 Å². The highest BCUT2D eigenvalue weighted by Crippen LogP contribution is 2.20. The lowest BCUT2D eigenvalue weighted by Crippen LogP contribution is -2.45. The molecule has 0 saturated heterocycles. The van der Waals surface area contributed by atoms with Crippen molar-refractivity contribution in [2.75, 3.05) is 5.73 Å². The first-order valence-electron chi connectivity index (χ1n) is 5.54. The minimum absolute atomic E-state index is 0.875. The van der Waals surface area contributed by atoms with Crippen LogP contribution in [-0.4, -0.2) is 8.07 Å². The normalized spacial score (nSPS) is 11.6. The van der Waals surface area contributed by atoms with Gasteiger partial charge in [-0.3, -0.25) is 0 Å². The third-order valence-corrected chi connectivity index (χ3v) is 9.17. The maximum Gasteiger partial charge on any atom is 0.0859 e. The van der Waals surface area contributed by atoms with Crippen LogP contribution in [0, 0.1) is 0 Å². The predicted molar refractivity (Wildman–Crippen MR) is 67.7 cm³/mol. The Balaban J connectivity index is 3.05. The van der Waals surface area contributed by atoms with E-state index in [0.717, 1.165) is 5.69 Å².